The van der Waals surface area contributed by atoms with E-state index in [4.69, 9.17) is 4.74 Å². The molecule has 0 fully saturated rings. The van der Waals surface area contributed by atoms with Gasteiger partial charge in [-0.25, -0.2) is 4.98 Å². The second-order valence-corrected chi connectivity index (χ2v) is 8.87. The second-order valence-electron chi connectivity index (χ2n) is 6.72. The number of carbonyl (C=O) groups is 1. The zero-order chi connectivity index (χ0) is 21.1. The van der Waals surface area contributed by atoms with Crippen LogP contribution >= 0.6 is 22.7 Å². The first-order valence-corrected chi connectivity index (χ1v) is 11.2. The van der Waals surface area contributed by atoms with Gasteiger partial charge < -0.3 is 9.64 Å². The number of ether oxygens (including phenoxy) is 1. The molecule has 3 aromatic heterocycles. The van der Waals surface area contributed by atoms with Gasteiger partial charge in [-0.05, 0) is 48.2 Å². The van der Waals surface area contributed by atoms with Crippen LogP contribution in [0.25, 0.3) is 10.2 Å². The van der Waals surface area contributed by atoms with Gasteiger partial charge in [0.05, 0.1) is 25.4 Å². The molecule has 1 amide bonds. The van der Waals surface area contributed by atoms with Crippen molar-refractivity contribution in [2.24, 2.45) is 0 Å². The third-order valence-electron chi connectivity index (χ3n) is 4.80. The van der Waals surface area contributed by atoms with E-state index in [-0.39, 0.29) is 18.0 Å². The van der Waals surface area contributed by atoms with E-state index >= 15 is 0 Å². The number of anilines is 1. The Morgan fingerprint density at radius 2 is 2.00 bits per heavy atom. The topological polar surface area (TPSA) is 64.4 Å². The molecule has 0 saturated carbocycles. The smallest absolute Gasteiger partial charge is 0.262 e. The molecule has 0 unspecified atom stereocenters. The molecule has 8 heteroatoms. The second kappa shape index (κ2) is 8.81. The standard InChI is InChI=1S/C22H21N3O3S2/c1-3-17-11-19-21(30-17)23-14-24(22(19)27)13-20(26)25(12-18-5-4-10-29-18)15-6-8-16(28-2)9-7-15/h4-11,14H,3,12-13H2,1-2H3. The van der Waals surface area contributed by atoms with E-state index in [1.165, 1.54) is 22.2 Å². The lowest BCUT2D eigenvalue weighted by Gasteiger charge is -2.23. The molecule has 0 aliphatic rings. The summed E-state index contributed by atoms with van der Waals surface area (Å²) in [7, 11) is 1.60. The van der Waals surface area contributed by atoms with E-state index in [2.05, 4.69) is 4.98 Å². The Hall–Kier alpha value is -2.97. The predicted molar refractivity (Wildman–Crippen MR) is 122 cm³/mol. The number of carbonyl (C=O) groups excluding carboxylic acids is 1. The van der Waals surface area contributed by atoms with E-state index in [9.17, 15) is 9.59 Å². The van der Waals surface area contributed by atoms with Crippen molar-refractivity contribution in [3.63, 3.8) is 0 Å². The fourth-order valence-corrected chi connectivity index (χ4v) is 4.79. The first-order valence-electron chi connectivity index (χ1n) is 9.53. The van der Waals surface area contributed by atoms with Crippen LogP contribution in [0.3, 0.4) is 0 Å². The maximum Gasteiger partial charge on any atom is 0.262 e. The van der Waals surface area contributed by atoms with Gasteiger partial charge in [0.25, 0.3) is 5.56 Å². The first kappa shape index (κ1) is 20.3. The molecule has 0 N–H and O–H groups in total. The van der Waals surface area contributed by atoms with Crippen molar-refractivity contribution >= 4 is 44.5 Å². The number of nitrogens with zero attached hydrogens (tertiary/aromatic N) is 3. The van der Waals surface area contributed by atoms with Crippen molar-refractivity contribution in [1.82, 2.24) is 9.55 Å². The van der Waals surface area contributed by atoms with Crippen LogP contribution in [0.1, 0.15) is 16.7 Å². The highest BCUT2D eigenvalue weighted by molar-refractivity contribution is 7.18. The number of thiophene rings is 2. The minimum atomic E-state index is -0.185. The molecule has 0 aliphatic heterocycles. The maximum absolute atomic E-state index is 13.3. The van der Waals surface area contributed by atoms with Crippen molar-refractivity contribution < 1.29 is 9.53 Å². The fourth-order valence-electron chi connectivity index (χ4n) is 3.17. The van der Waals surface area contributed by atoms with E-state index in [1.54, 1.807) is 23.3 Å². The Labute approximate surface area is 182 Å². The average Bonchev–Trinajstić information content (AvgIpc) is 3.44. The molecule has 0 spiro atoms. The molecule has 3 heterocycles. The fraction of sp³-hybridized carbons (Fsp3) is 0.227. The molecule has 1 aromatic carbocycles. The van der Waals surface area contributed by atoms with Crippen molar-refractivity contribution in [3.05, 3.63) is 74.3 Å². The highest BCUT2D eigenvalue weighted by atomic mass is 32.1. The predicted octanol–water partition coefficient (Wildman–Crippen LogP) is 4.32. The SMILES string of the molecule is CCc1cc2c(=O)n(CC(=O)N(Cc3cccs3)c3ccc(OC)cc3)cnc2s1. The number of rotatable bonds is 7. The summed E-state index contributed by atoms with van der Waals surface area (Å²) in [4.78, 5) is 35.1. The van der Waals surface area contributed by atoms with Crippen LogP contribution in [0.2, 0.25) is 0 Å². The minimum absolute atomic E-state index is 0.0729. The third-order valence-corrected chi connectivity index (χ3v) is 6.85. The summed E-state index contributed by atoms with van der Waals surface area (Å²) in [6.07, 6.45) is 2.32. The Morgan fingerprint density at radius 3 is 2.67 bits per heavy atom. The molecule has 0 bridgehead atoms. The molecule has 4 aromatic rings. The number of aromatic nitrogens is 2. The van der Waals surface area contributed by atoms with Gasteiger partial charge in [0.15, 0.2) is 0 Å². The summed E-state index contributed by atoms with van der Waals surface area (Å²) in [5, 5.41) is 2.55. The van der Waals surface area contributed by atoms with Crippen LogP contribution in [-0.2, 0) is 24.3 Å². The van der Waals surface area contributed by atoms with Crippen LogP contribution in [-0.4, -0.2) is 22.6 Å². The summed E-state index contributed by atoms with van der Waals surface area (Å²) < 4.78 is 6.62. The van der Waals surface area contributed by atoms with E-state index in [0.717, 1.165) is 27.6 Å². The largest absolute Gasteiger partial charge is 0.497 e. The van der Waals surface area contributed by atoms with Gasteiger partial charge >= 0.3 is 0 Å². The highest BCUT2D eigenvalue weighted by Crippen LogP contribution is 2.24. The van der Waals surface area contributed by atoms with Crippen molar-refractivity contribution in [2.45, 2.75) is 26.4 Å². The number of hydrogen-bond acceptors (Lipinski definition) is 6. The highest BCUT2D eigenvalue weighted by Gasteiger charge is 2.19. The van der Waals surface area contributed by atoms with Crippen molar-refractivity contribution in [3.8, 4) is 5.75 Å². The Balaban J connectivity index is 1.65. The summed E-state index contributed by atoms with van der Waals surface area (Å²) in [5.41, 5.74) is 0.565. The maximum atomic E-state index is 13.3. The molecular weight excluding hydrogens is 418 g/mol. The van der Waals surface area contributed by atoms with Crippen LogP contribution in [0, 0.1) is 0 Å². The lowest BCUT2D eigenvalue weighted by atomic mass is 10.2. The number of amides is 1. The van der Waals surface area contributed by atoms with Crippen LogP contribution in [0.5, 0.6) is 5.75 Å². The van der Waals surface area contributed by atoms with Gasteiger partial charge in [0, 0.05) is 15.4 Å². The van der Waals surface area contributed by atoms with Crippen molar-refractivity contribution in [1.29, 1.82) is 0 Å². The molecule has 0 radical (unpaired) electrons. The van der Waals surface area contributed by atoms with Gasteiger partial charge in [-0.1, -0.05) is 13.0 Å². The summed E-state index contributed by atoms with van der Waals surface area (Å²) in [6.45, 7) is 2.41. The lowest BCUT2D eigenvalue weighted by molar-refractivity contribution is -0.119. The van der Waals surface area contributed by atoms with Crippen LogP contribution < -0.4 is 15.2 Å². The van der Waals surface area contributed by atoms with Gasteiger partial charge in [-0.2, -0.15) is 0 Å². The van der Waals surface area contributed by atoms with Gasteiger partial charge in [-0.3, -0.25) is 14.2 Å². The van der Waals surface area contributed by atoms with E-state index < -0.39 is 0 Å². The molecule has 0 saturated heterocycles. The van der Waals surface area contributed by atoms with Crippen molar-refractivity contribution in [2.75, 3.05) is 12.0 Å². The number of benzene rings is 1. The monoisotopic (exact) mass is 439 g/mol. The number of methoxy groups -OCH3 is 1. The normalized spacial score (nSPS) is 11.0. The Morgan fingerprint density at radius 1 is 1.20 bits per heavy atom. The minimum Gasteiger partial charge on any atom is -0.497 e. The zero-order valence-electron chi connectivity index (χ0n) is 16.7. The molecular formula is C22H21N3O3S2. The zero-order valence-corrected chi connectivity index (χ0v) is 18.3. The van der Waals surface area contributed by atoms with Crippen LogP contribution in [0.4, 0.5) is 5.69 Å². The van der Waals surface area contributed by atoms with Gasteiger partial charge in [0.1, 0.15) is 17.1 Å². The first-order chi connectivity index (χ1) is 14.6. The third kappa shape index (κ3) is 4.15. The van der Waals surface area contributed by atoms with Gasteiger partial charge in [-0.15, -0.1) is 22.7 Å². The molecule has 30 heavy (non-hydrogen) atoms. The molecule has 0 atom stereocenters. The summed E-state index contributed by atoms with van der Waals surface area (Å²) >= 11 is 3.11. The van der Waals surface area contributed by atoms with E-state index in [0.29, 0.717) is 16.8 Å². The van der Waals surface area contributed by atoms with Crippen LogP contribution in [0.15, 0.2) is 59.0 Å². The Kier molecular flexibility index (Phi) is 5.96. The molecule has 4 rings (SSSR count). The average molecular weight is 440 g/mol. The lowest BCUT2D eigenvalue weighted by Crippen LogP contribution is -2.36. The molecule has 0 aliphatic carbocycles. The van der Waals surface area contributed by atoms with E-state index in [1.807, 2.05) is 54.8 Å². The molecule has 6 nitrogen and oxygen atoms in total. The number of fused-ring (bicyclic) bond motifs is 1. The summed E-state index contributed by atoms with van der Waals surface area (Å²) in [6, 6.07) is 13.2. The van der Waals surface area contributed by atoms with Gasteiger partial charge in [0.2, 0.25) is 5.91 Å². The quantitative estimate of drug-likeness (QED) is 0.430. The number of aryl methyl sites for hydroxylation is 1. The summed E-state index contributed by atoms with van der Waals surface area (Å²) in [5.74, 6) is 0.542. The Bertz CT molecular complexity index is 1210. The molecule has 154 valence electrons. The number of hydrogen-bond donors (Lipinski definition) is 0.